The van der Waals surface area contributed by atoms with Gasteiger partial charge in [0.05, 0.1) is 12.5 Å². The molecule has 0 heterocycles. The smallest absolute Gasteiger partial charge is 0.0638 e. The molecule has 0 aromatic heterocycles. The second-order valence-electron chi connectivity index (χ2n) is 4.97. The fourth-order valence-electron chi connectivity index (χ4n) is 2.59. The number of hydrogen-bond acceptors (Lipinski definition) is 2. The maximum atomic E-state index is 8.61. The lowest BCUT2D eigenvalue weighted by Crippen LogP contribution is -2.39. The number of nitrogens with one attached hydrogen (secondary N) is 1. The molecule has 86 valence electrons. The zero-order chi connectivity index (χ0) is 11.1. The van der Waals surface area contributed by atoms with Crippen molar-refractivity contribution in [1.82, 2.24) is 5.32 Å². The highest BCUT2D eigenvalue weighted by Gasteiger charge is 2.19. The van der Waals surface area contributed by atoms with E-state index in [1.165, 1.54) is 38.5 Å². The highest BCUT2D eigenvalue weighted by atomic mass is 14.9. The van der Waals surface area contributed by atoms with Crippen molar-refractivity contribution in [2.24, 2.45) is 5.92 Å². The largest absolute Gasteiger partial charge is 0.310 e. The van der Waals surface area contributed by atoms with Crippen LogP contribution in [0.5, 0.6) is 0 Å². The van der Waals surface area contributed by atoms with E-state index in [1.54, 1.807) is 0 Å². The summed E-state index contributed by atoms with van der Waals surface area (Å²) in [5.74, 6) is 0.827. The minimum absolute atomic E-state index is 0.341. The van der Waals surface area contributed by atoms with Crippen LogP contribution in [0.2, 0.25) is 0 Å². The predicted molar refractivity (Wildman–Crippen MR) is 63.5 cm³/mol. The molecule has 0 aromatic rings. The molecule has 0 radical (unpaired) electrons. The molecule has 2 heteroatoms. The Morgan fingerprint density at radius 3 is 2.33 bits per heavy atom. The monoisotopic (exact) mass is 208 g/mol. The summed E-state index contributed by atoms with van der Waals surface area (Å²) in [7, 11) is 0. The highest BCUT2D eigenvalue weighted by Crippen LogP contribution is 2.25. The molecular weight excluding hydrogens is 184 g/mol. The van der Waals surface area contributed by atoms with Crippen LogP contribution in [0.15, 0.2) is 0 Å². The van der Waals surface area contributed by atoms with Crippen LogP contribution in [0.4, 0.5) is 0 Å². The Morgan fingerprint density at radius 1 is 1.20 bits per heavy atom. The highest BCUT2D eigenvalue weighted by molar-refractivity contribution is 4.82. The lowest BCUT2D eigenvalue weighted by atomic mass is 9.92. The molecule has 0 amide bonds. The van der Waals surface area contributed by atoms with Gasteiger partial charge in [-0.3, -0.25) is 0 Å². The van der Waals surface area contributed by atoms with E-state index in [9.17, 15) is 0 Å². The summed E-state index contributed by atoms with van der Waals surface area (Å²) < 4.78 is 0. The Kier molecular flexibility index (Phi) is 5.71. The van der Waals surface area contributed by atoms with Gasteiger partial charge in [-0.1, -0.05) is 25.7 Å². The zero-order valence-corrected chi connectivity index (χ0v) is 10.1. The molecular formula is C13H24N2. The maximum Gasteiger partial charge on any atom is 0.0638 e. The van der Waals surface area contributed by atoms with Crippen LogP contribution < -0.4 is 5.32 Å². The van der Waals surface area contributed by atoms with Crippen molar-refractivity contribution in [3.63, 3.8) is 0 Å². The van der Waals surface area contributed by atoms with Gasteiger partial charge < -0.3 is 5.32 Å². The van der Waals surface area contributed by atoms with Gasteiger partial charge in [-0.15, -0.1) is 0 Å². The van der Waals surface area contributed by atoms with E-state index < -0.39 is 0 Å². The Hall–Kier alpha value is -0.550. The second-order valence-corrected chi connectivity index (χ2v) is 4.97. The molecule has 0 aromatic carbocycles. The van der Waals surface area contributed by atoms with E-state index in [0.717, 1.165) is 5.92 Å². The first-order valence-corrected chi connectivity index (χ1v) is 6.37. The van der Waals surface area contributed by atoms with Crippen molar-refractivity contribution in [2.45, 2.75) is 70.9 Å². The molecule has 1 saturated carbocycles. The van der Waals surface area contributed by atoms with Crippen molar-refractivity contribution in [3.05, 3.63) is 0 Å². The normalized spacial score (nSPS) is 22.7. The number of nitriles is 1. The molecule has 2 atom stereocenters. The number of rotatable bonds is 4. The van der Waals surface area contributed by atoms with E-state index in [4.69, 9.17) is 5.26 Å². The lowest BCUT2D eigenvalue weighted by Gasteiger charge is -2.26. The second kappa shape index (κ2) is 6.85. The molecule has 0 spiro atoms. The minimum Gasteiger partial charge on any atom is -0.310 e. The van der Waals surface area contributed by atoms with Crippen LogP contribution in [0.25, 0.3) is 0 Å². The van der Waals surface area contributed by atoms with E-state index in [2.05, 4.69) is 25.2 Å². The van der Waals surface area contributed by atoms with Gasteiger partial charge in [-0.05, 0) is 32.6 Å². The SMILES string of the molecule is CC(CC#N)N[C@@H](C)C1CCCCCC1. The summed E-state index contributed by atoms with van der Waals surface area (Å²) >= 11 is 0. The molecule has 0 saturated heterocycles. The maximum absolute atomic E-state index is 8.61. The van der Waals surface area contributed by atoms with E-state index in [1.807, 2.05) is 0 Å². The third kappa shape index (κ3) is 4.66. The lowest BCUT2D eigenvalue weighted by molar-refractivity contribution is 0.315. The van der Waals surface area contributed by atoms with E-state index in [-0.39, 0.29) is 0 Å². The Bertz CT molecular complexity index is 199. The summed E-state index contributed by atoms with van der Waals surface area (Å²) in [6, 6.07) is 3.14. The molecule has 1 fully saturated rings. The van der Waals surface area contributed by atoms with Crippen LogP contribution in [0.1, 0.15) is 58.8 Å². The van der Waals surface area contributed by atoms with Crippen molar-refractivity contribution in [2.75, 3.05) is 0 Å². The fraction of sp³-hybridized carbons (Fsp3) is 0.923. The van der Waals surface area contributed by atoms with E-state index in [0.29, 0.717) is 18.5 Å². The predicted octanol–water partition coefficient (Wildman–Crippen LogP) is 3.24. The summed E-state index contributed by atoms with van der Waals surface area (Å²) in [6.07, 6.45) is 8.97. The Balaban J connectivity index is 2.31. The molecule has 1 rings (SSSR count). The first kappa shape index (κ1) is 12.5. The summed E-state index contributed by atoms with van der Waals surface area (Å²) in [5.41, 5.74) is 0. The van der Waals surface area contributed by atoms with Gasteiger partial charge >= 0.3 is 0 Å². The molecule has 1 unspecified atom stereocenters. The number of hydrogen-bond donors (Lipinski definition) is 1. The van der Waals surface area contributed by atoms with Gasteiger partial charge in [-0.2, -0.15) is 5.26 Å². The van der Waals surface area contributed by atoms with Crippen LogP contribution in [0, 0.1) is 17.2 Å². The van der Waals surface area contributed by atoms with Gasteiger partial charge in [0.1, 0.15) is 0 Å². The third-order valence-corrected chi connectivity index (χ3v) is 3.55. The third-order valence-electron chi connectivity index (χ3n) is 3.55. The zero-order valence-electron chi connectivity index (χ0n) is 10.1. The average Bonchev–Trinajstić information content (AvgIpc) is 2.45. The van der Waals surface area contributed by atoms with Crippen LogP contribution in [0.3, 0.4) is 0 Å². The van der Waals surface area contributed by atoms with Crippen LogP contribution >= 0.6 is 0 Å². The quantitative estimate of drug-likeness (QED) is 0.720. The number of nitrogens with zero attached hydrogens (tertiary/aromatic N) is 1. The van der Waals surface area contributed by atoms with Crippen molar-refractivity contribution >= 4 is 0 Å². The molecule has 1 N–H and O–H groups in total. The Labute approximate surface area is 94.1 Å². The summed E-state index contributed by atoms with van der Waals surface area (Å²) in [6.45, 7) is 4.39. The van der Waals surface area contributed by atoms with Gasteiger partial charge in [0.2, 0.25) is 0 Å². The Morgan fingerprint density at radius 2 is 1.80 bits per heavy atom. The van der Waals surface area contributed by atoms with Crippen LogP contribution in [-0.4, -0.2) is 12.1 Å². The topological polar surface area (TPSA) is 35.8 Å². The van der Waals surface area contributed by atoms with Gasteiger partial charge in [0, 0.05) is 12.1 Å². The first-order valence-electron chi connectivity index (χ1n) is 6.37. The molecule has 0 aliphatic heterocycles. The average molecular weight is 208 g/mol. The summed E-state index contributed by atoms with van der Waals surface area (Å²) in [5, 5.41) is 12.2. The fourth-order valence-corrected chi connectivity index (χ4v) is 2.59. The molecule has 15 heavy (non-hydrogen) atoms. The summed E-state index contributed by atoms with van der Waals surface area (Å²) in [4.78, 5) is 0. The van der Waals surface area contributed by atoms with Gasteiger partial charge in [0.25, 0.3) is 0 Å². The van der Waals surface area contributed by atoms with E-state index >= 15 is 0 Å². The van der Waals surface area contributed by atoms with Gasteiger partial charge in [0.15, 0.2) is 0 Å². The minimum atomic E-state index is 0.341. The molecule has 0 bridgehead atoms. The van der Waals surface area contributed by atoms with Crippen molar-refractivity contribution in [1.29, 1.82) is 5.26 Å². The standard InChI is InChI=1S/C13H24N2/c1-11(9-10-14)15-12(2)13-7-5-3-4-6-8-13/h11-13,15H,3-9H2,1-2H3/t11?,12-/m0/s1. The molecule has 1 aliphatic carbocycles. The van der Waals surface area contributed by atoms with Crippen molar-refractivity contribution < 1.29 is 0 Å². The van der Waals surface area contributed by atoms with Crippen LogP contribution in [-0.2, 0) is 0 Å². The molecule has 2 nitrogen and oxygen atoms in total. The van der Waals surface area contributed by atoms with Crippen molar-refractivity contribution in [3.8, 4) is 6.07 Å². The van der Waals surface area contributed by atoms with Gasteiger partial charge in [-0.25, -0.2) is 0 Å². The molecule has 1 aliphatic rings. The first-order chi connectivity index (χ1) is 7.24.